The summed E-state index contributed by atoms with van der Waals surface area (Å²) in [5, 5.41) is 21.8. The minimum atomic E-state index is -0.962. The summed E-state index contributed by atoms with van der Waals surface area (Å²) in [6, 6.07) is 3.20. The Morgan fingerprint density at radius 1 is 1.44 bits per heavy atom. The first-order valence-electron chi connectivity index (χ1n) is 5.84. The number of hydrogen-bond donors (Lipinski definition) is 3. The topological polar surface area (TPSA) is 91.7 Å². The molecule has 0 aliphatic carbocycles. The molecule has 3 atom stereocenters. The number of amides is 1. The van der Waals surface area contributed by atoms with Gasteiger partial charge in [0.05, 0.1) is 6.10 Å². The zero-order chi connectivity index (χ0) is 13.0. The van der Waals surface area contributed by atoms with E-state index >= 15 is 0 Å². The van der Waals surface area contributed by atoms with Crippen molar-refractivity contribution < 1.29 is 19.7 Å². The number of aliphatic hydroxyl groups excluding tert-OH is 2. The van der Waals surface area contributed by atoms with Gasteiger partial charge in [0.2, 0.25) is 0 Å². The molecular weight excluding hydrogens is 236 g/mol. The first-order chi connectivity index (χ1) is 8.68. The van der Waals surface area contributed by atoms with Crippen molar-refractivity contribution in [2.75, 3.05) is 13.2 Å². The van der Waals surface area contributed by atoms with Crippen LogP contribution in [0.2, 0.25) is 0 Å². The third-order valence-corrected chi connectivity index (χ3v) is 2.93. The number of carbonyl (C=O) groups is 1. The van der Waals surface area contributed by atoms with Crippen LogP contribution in [0.4, 0.5) is 0 Å². The Kier molecular flexibility index (Phi) is 4.24. The summed E-state index contributed by atoms with van der Waals surface area (Å²) in [6.45, 7) is 0.549. The number of nitrogens with zero attached hydrogens (tertiary/aromatic N) is 1. The number of pyridine rings is 1. The van der Waals surface area contributed by atoms with E-state index in [9.17, 15) is 15.0 Å². The fourth-order valence-corrected chi connectivity index (χ4v) is 1.84. The number of hydrogen-bond acceptors (Lipinski definition) is 5. The maximum Gasteiger partial charge on any atom is 0.251 e. The van der Waals surface area contributed by atoms with Crippen LogP contribution in [0.25, 0.3) is 0 Å². The summed E-state index contributed by atoms with van der Waals surface area (Å²) < 4.78 is 5.31. The van der Waals surface area contributed by atoms with Crippen LogP contribution in [0.5, 0.6) is 0 Å². The van der Waals surface area contributed by atoms with E-state index in [2.05, 4.69) is 10.3 Å². The lowest BCUT2D eigenvalue weighted by Crippen LogP contribution is -2.49. The molecule has 98 valence electrons. The average Bonchev–Trinajstić information content (AvgIpc) is 2.41. The molecule has 1 fully saturated rings. The van der Waals surface area contributed by atoms with Gasteiger partial charge in [-0.05, 0) is 18.6 Å². The molecule has 0 radical (unpaired) electrons. The van der Waals surface area contributed by atoms with Gasteiger partial charge in [0, 0.05) is 31.1 Å². The van der Waals surface area contributed by atoms with Crippen molar-refractivity contribution in [2.45, 2.75) is 24.7 Å². The molecule has 0 aromatic carbocycles. The van der Waals surface area contributed by atoms with Gasteiger partial charge in [0.25, 0.3) is 5.91 Å². The molecule has 0 bridgehead atoms. The van der Waals surface area contributed by atoms with Gasteiger partial charge in [-0.15, -0.1) is 0 Å². The number of rotatable bonds is 3. The Balaban J connectivity index is 1.86. The highest BCUT2D eigenvalue weighted by molar-refractivity contribution is 5.93. The predicted molar refractivity (Wildman–Crippen MR) is 62.9 cm³/mol. The molecule has 1 saturated heterocycles. The third-order valence-electron chi connectivity index (χ3n) is 2.93. The van der Waals surface area contributed by atoms with Gasteiger partial charge >= 0.3 is 0 Å². The van der Waals surface area contributed by atoms with Crippen molar-refractivity contribution in [2.24, 2.45) is 0 Å². The zero-order valence-corrected chi connectivity index (χ0v) is 9.82. The molecule has 2 rings (SSSR count). The molecule has 6 nitrogen and oxygen atoms in total. The van der Waals surface area contributed by atoms with Crippen molar-refractivity contribution in [3.05, 3.63) is 30.1 Å². The van der Waals surface area contributed by atoms with Crippen molar-refractivity contribution in [3.8, 4) is 0 Å². The molecule has 1 aliphatic rings. The van der Waals surface area contributed by atoms with Gasteiger partial charge in [-0.3, -0.25) is 9.78 Å². The Labute approximate surface area is 105 Å². The number of aromatic nitrogens is 1. The lowest BCUT2D eigenvalue weighted by molar-refractivity contribution is -0.132. The molecule has 0 spiro atoms. The van der Waals surface area contributed by atoms with E-state index in [1.165, 1.54) is 12.4 Å². The second-order valence-corrected chi connectivity index (χ2v) is 4.20. The van der Waals surface area contributed by atoms with Gasteiger partial charge in [-0.25, -0.2) is 0 Å². The molecule has 3 N–H and O–H groups in total. The lowest BCUT2D eigenvalue weighted by atomic mass is 10.0. The second-order valence-electron chi connectivity index (χ2n) is 4.20. The first kappa shape index (κ1) is 12.9. The number of aliphatic hydroxyl groups is 2. The van der Waals surface area contributed by atoms with E-state index in [-0.39, 0.29) is 12.5 Å². The van der Waals surface area contributed by atoms with E-state index in [0.717, 1.165) is 0 Å². The molecule has 6 heteroatoms. The maximum atomic E-state index is 11.7. The minimum absolute atomic E-state index is 0.166. The van der Waals surface area contributed by atoms with Crippen LogP contribution in [0.1, 0.15) is 16.8 Å². The van der Waals surface area contributed by atoms with Gasteiger partial charge in [-0.1, -0.05) is 0 Å². The van der Waals surface area contributed by atoms with E-state index in [0.29, 0.717) is 18.6 Å². The van der Waals surface area contributed by atoms with Crippen LogP contribution >= 0.6 is 0 Å². The first-order valence-corrected chi connectivity index (χ1v) is 5.84. The smallest absolute Gasteiger partial charge is 0.251 e. The van der Waals surface area contributed by atoms with Crippen LogP contribution in [-0.4, -0.2) is 52.6 Å². The normalized spacial score (nSPS) is 27.8. The van der Waals surface area contributed by atoms with Crippen molar-refractivity contribution in [3.63, 3.8) is 0 Å². The van der Waals surface area contributed by atoms with Crippen molar-refractivity contribution in [1.82, 2.24) is 10.3 Å². The molecular formula is C12H16N2O4. The van der Waals surface area contributed by atoms with E-state index in [1.807, 2.05) is 0 Å². The summed E-state index contributed by atoms with van der Waals surface area (Å²) in [4.78, 5) is 15.6. The number of carbonyl (C=O) groups excluding carboxylic acids is 1. The highest BCUT2D eigenvalue weighted by Crippen LogP contribution is 2.14. The van der Waals surface area contributed by atoms with Crippen LogP contribution in [0, 0.1) is 0 Å². The predicted octanol–water partition coefficient (Wildman–Crippen LogP) is -0.678. The highest BCUT2D eigenvalue weighted by Gasteiger charge is 2.31. The summed E-state index contributed by atoms with van der Waals surface area (Å²) in [5.41, 5.74) is 0.496. The van der Waals surface area contributed by atoms with Gasteiger partial charge in [0.15, 0.2) is 0 Å². The number of ether oxygens (including phenoxy) is 1. The summed E-state index contributed by atoms with van der Waals surface area (Å²) >= 11 is 0. The fourth-order valence-electron chi connectivity index (χ4n) is 1.84. The van der Waals surface area contributed by atoms with E-state index in [4.69, 9.17) is 4.74 Å². The molecule has 1 aromatic rings. The molecule has 1 amide bonds. The summed E-state index contributed by atoms with van der Waals surface area (Å²) in [5.74, 6) is -0.256. The molecule has 1 aliphatic heterocycles. The summed E-state index contributed by atoms with van der Waals surface area (Å²) in [7, 11) is 0. The van der Waals surface area contributed by atoms with Gasteiger partial charge in [-0.2, -0.15) is 0 Å². The van der Waals surface area contributed by atoms with Crippen LogP contribution < -0.4 is 5.32 Å². The fraction of sp³-hybridized carbons (Fsp3) is 0.500. The average molecular weight is 252 g/mol. The van der Waals surface area contributed by atoms with Crippen molar-refractivity contribution >= 4 is 5.91 Å². The minimum Gasteiger partial charge on any atom is -0.390 e. The number of nitrogens with one attached hydrogen (secondary N) is 1. The van der Waals surface area contributed by atoms with Crippen LogP contribution in [-0.2, 0) is 4.74 Å². The maximum absolute atomic E-state index is 11.7. The zero-order valence-electron chi connectivity index (χ0n) is 9.82. The van der Waals surface area contributed by atoms with Gasteiger partial charge in [0.1, 0.15) is 12.2 Å². The molecule has 1 aromatic heterocycles. The molecule has 2 heterocycles. The lowest BCUT2D eigenvalue weighted by Gasteiger charge is -2.32. The second kappa shape index (κ2) is 5.90. The highest BCUT2D eigenvalue weighted by atomic mass is 16.5. The molecule has 3 unspecified atom stereocenters. The SMILES string of the molecule is O=C(NCC1OCCC(O)C1O)c1ccncc1. The molecule has 18 heavy (non-hydrogen) atoms. The van der Waals surface area contributed by atoms with Gasteiger partial charge < -0.3 is 20.3 Å². The largest absolute Gasteiger partial charge is 0.390 e. The monoisotopic (exact) mass is 252 g/mol. The molecule has 0 saturated carbocycles. The Morgan fingerprint density at radius 3 is 2.89 bits per heavy atom. The Hall–Kier alpha value is -1.50. The summed E-state index contributed by atoms with van der Waals surface area (Å²) in [6.07, 6.45) is 1.16. The Morgan fingerprint density at radius 2 is 2.17 bits per heavy atom. The van der Waals surface area contributed by atoms with E-state index in [1.54, 1.807) is 12.1 Å². The quantitative estimate of drug-likeness (QED) is 0.663. The van der Waals surface area contributed by atoms with E-state index < -0.39 is 18.3 Å². The third kappa shape index (κ3) is 3.04. The Bertz CT molecular complexity index is 398. The standard InChI is InChI=1S/C12H16N2O4/c15-9-3-6-18-10(11(9)16)7-14-12(17)8-1-4-13-5-2-8/h1-2,4-5,9-11,15-16H,3,6-7H2,(H,14,17). The van der Waals surface area contributed by atoms with Crippen LogP contribution in [0.3, 0.4) is 0 Å². The van der Waals surface area contributed by atoms with Crippen molar-refractivity contribution in [1.29, 1.82) is 0 Å². The van der Waals surface area contributed by atoms with Crippen LogP contribution in [0.15, 0.2) is 24.5 Å².